The van der Waals surface area contributed by atoms with E-state index in [0.29, 0.717) is 0 Å². The number of hydrogen-bond acceptors (Lipinski definition) is 3. The molecule has 0 spiro atoms. The van der Waals surface area contributed by atoms with Crippen LogP contribution < -0.4 is 0 Å². The second kappa shape index (κ2) is 4.60. The van der Waals surface area contributed by atoms with Gasteiger partial charge < -0.3 is 5.11 Å². The van der Waals surface area contributed by atoms with Crippen LogP contribution in [0.15, 0.2) is 0 Å². The lowest BCUT2D eigenvalue weighted by atomic mass is 9.86. The Bertz CT molecular complexity index is 305. The third kappa shape index (κ3) is 2.86. The van der Waals surface area contributed by atoms with Gasteiger partial charge in [0.05, 0.1) is 6.10 Å². The van der Waals surface area contributed by atoms with E-state index in [2.05, 4.69) is 0 Å². The smallest absolute Gasteiger partial charge is 0.172 e. The molecule has 0 amide bonds. The highest BCUT2D eigenvalue weighted by atomic mass is 35.5. The lowest BCUT2D eigenvalue weighted by Crippen LogP contribution is -2.50. The highest BCUT2D eigenvalue weighted by molar-refractivity contribution is 7.94. The van der Waals surface area contributed by atoms with Gasteiger partial charge >= 0.3 is 0 Å². The van der Waals surface area contributed by atoms with Crippen molar-refractivity contribution in [2.45, 2.75) is 51.3 Å². The zero-order valence-corrected chi connectivity index (χ0v) is 11.6. The van der Waals surface area contributed by atoms with E-state index in [0.717, 1.165) is 0 Å². The Morgan fingerprint density at radius 1 is 1.27 bits per heavy atom. The van der Waals surface area contributed by atoms with Gasteiger partial charge in [-0.05, 0) is 11.8 Å². The molecule has 0 aromatic carbocycles. The number of rotatable bonds is 4. The maximum absolute atomic E-state index is 11.8. The standard InChI is InChI=1S/C10H21ClO3S/c1-6-10(11,15(13,14)7-2)8(12)9(3,4)5/h8,12H,6-7H2,1-5H3/t8-,10+/m0/s1. The van der Waals surface area contributed by atoms with Crippen LogP contribution in [0.4, 0.5) is 0 Å². The highest BCUT2D eigenvalue weighted by Gasteiger charge is 2.50. The van der Waals surface area contributed by atoms with Crippen LogP contribution in [0.1, 0.15) is 41.0 Å². The fourth-order valence-corrected chi connectivity index (χ4v) is 3.74. The van der Waals surface area contributed by atoms with Gasteiger partial charge in [-0.1, -0.05) is 46.2 Å². The summed E-state index contributed by atoms with van der Waals surface area (Å²) >= 11 is 6.11. The van der Waals surface area contributed by atoms with Crippen molar-refractivity contribution >= 4 is 21.4 Å². The molecular formula is C10H21ClO3S. The minimum Gasteiger partial charge on any atom is -0.390 e. The largest absolute Gasteiger partial charge is 0.390 e. The summed E-state index contributed by atoms with van der Waals surface area (Å²) < 4.78 is 22.1. The van der Waals surface area contributed by atoms with Crippen molar-refractivity contribution < 1.29 is 13.5 Å². The van der Waals surface area contributed by atoms with E-state index >= 15 is 0 Å². The van der Waals surface area contributed by atoms with Crippen LogP contribution in [0.3, 0.4) is 0 Å². The molecule has 0 saturated carbocycles. The molecule has 0 fully saturated rings. The van der Waals surface area contributed by atoms with E-state index < -0.39 is 25.6 Å². The molecule has 2 atom stereocenters. The van der Waals surface area contributed by atoms with Crippen molar-refractivity contribution in [2.75, 3.05) is 5.75 Å². The summed E-state index contributed by atoms with van der Waals surface area (Å²) in [5.74, 6) is -0.0581. The summed E-state index contributed by atoms with van der Waals surface area (Å²) in [6, 6.07) is 0. The van der Waals surface area contributed by atoms with E-state index in [1.807, 2.05) is 0 Å². The van der Waals surface area contributed by atoms with E-state index in [9.17, 15) is 13.5 Å². The van der Waals surface area contributed by atoms with Crippen LogP contribution in [0.2, 0.25) is 0 Å². The van der Waals surface area contributed by atoms with Crippen molar-refractivity contribution in [1.29, 1.82) is 0 Å². The lowest BCUT2D eigenvalue weighted by molar-refractivity contribution is 0.0468. The Balaban J connectivity index is 5.40. The molecule has 0 saturated heterocycles. The predicted octanol–water partition coefficient (Wildman–Crippen LogP) is 2.17. The number of halogens is 1. The summed E-state index contributed by atoms with van der Waals surface area (Å²) in [6.45, 7) is 8.54. The normalized spacial score (nSPS) is 19.7. The van der Waals surface area contributed by atoms with Gasteiger partial charge in [0.1, 0.15) is 0 Å². The van der Waals surface area contributed by atoms with Gasteiger partial charge in [0.2, 0.25) is 0 Å². The number of alkyl halides is 1. The third-order valence-electron chi connectivity index (χ3n) is 2.61. The van der Waals surface area contributed by atoms with Crippen molar-refractivity contribution in [2.24, 2.45) is 5.41 Å². The SMILES string of the molecule is CC[C@](Cl)([C@@H](O)C(C)(C)C)S(=O)(=O)CC. The minimum absolute atomic E-state index is 0.0581. The van der Waals surface area contributed by atoms with E-state index in [1.165, 1.54) is 6.92 Å². The minimum atomic E-state index is -3.48. The predicted molar refractivity (Wildman–Crippen MR) is 63.8 cm³/mol. The summed E-state index contributed by atoms with van der Waals surface area (Å²) in [7, 11) is -3.48. The maximum Gasteiger partial charge on any atom is 0.172 e. The first kappa shape index (κ1) is 15.2. The average Bonchev–Trinajstić information content (AvgIpc) is 2.13. The van der Waals surface area contributed by atoms with Gasteiger partial charge in [0.25, 0.3) is 0 Å². The number of aliphatic hydroxyl groups excluding tert-OH is 1. The summed E-state index contributed by atoms with van der Waals surface area (Å²) in [5.41, 5.74) is -0.556. The molecule has 0 rings (SSSR count). The first-order valence-corrected chi connectivity index (χ1v) is 7.15. The van der Waals surface area contributed by atoms with Crippen molar-refractivity contribution in [3.8, 4) is 0 Å². The molecule has 0 radical (unpaired) electrons. The molecule has 0 aromatic heterocycles. The van der Waals surface area contributed by atoms with Gasteiger partial charge in [-0.25, -0.2) is 8.42 Å². The van der Waals surface area contributed by atoms with Crippen molar-refractivity contribution in [3.05, 3.63) is 0 Å². The van der Waals surface area contributed by atoms with Gasteiger partial charge in [0, 0.05) is 5.75 Å². The van der Waals surface area contributed by atoms with Crippen LogP contribution in [-0.4, -0.2) is 29.6 Å². The number of aliphatic hydroxyl groups is 1. The fourth-order valence-electron chi connectivity index (χ4n) is 1.47. The molecule has 0 aliphatic carbocycles. The summed E-state index contributed by atoms with van der Waals surface area (Å²) in [6.07, 6.45) is -0.884. The second-order valence-electron chi connectivity index (χ2n) is 4.81. The van der Waals surface area contributed by atoms with Gasteiger partial charge in [-0.15, -0.1) is 0 Å². The average molecular weight is 257 g/mol. The summed E-state index contributed by atoms with van der Waals surface area (Å²) in [5, 5.41) is 10.1. The molecule has 15 heavy (non-hydrogen) atoms. The Labute approximate surface area is 97.7 Å². The van der Waals surface area contributed by atoms with Gasteiger partial charge in [-0.3, -0.25) is 0 Å². The fraction of sp³-hybridized carbons (Fsp3) is 1.00. The highest BCUT2D eigenvalue weighted by Crippen LogP contribution is 2.39. The molecule has 0 aromatic rings. The van der Waals surface area contributed by atoms with Crippen LogP contribution >= 0.6 is 11.6 Å². The van der Waals surface area contributed by atoms with Crippen LogP contribution in [-0.2, 0) is 9.84 Å². The zero-order valence-electron chi connectivity index (χ0n) is 10.0. The molecule has 0 aliphatic heterocycles. The van der Waals surface area contributed by atoms with Gasteiger partial charge in [-0.2, -0.15) is 0 Å². The maximum atomic E-state index is 11.8. The lowest BCUT2D eigenvalue weighted by Gasteiger charge is -2.38. The molecular weight excluding hydrogens is 236 g/mol. The number of hydrogen-bond donors (Lipinski definition) is 1. The molecule has 0 heterocycles. The molecule has 5 heteroatoms. The molecule has 0 bridgehead atoms. The van der Waals surface area contributed by atoms with Crippen LogP contribution in [0.5, 0.6) is 0 Å². The Morgan fingerprint density at radius 3 is 1.87 bits per heavy atom. The number of sulfone groups is 1. The Kier molecular flexibility index (Phi) is 4.66. The first-order chi connectivity index (χ1) is 6.53. The van der Waals surface area contributed by atoms with E-state index in [-0.39, 0.29) is 12.2 Å². The molecule has 0 aliphatic rings. The molecule has 92 valence electrons. The second-order valence-corrected chi connectivity index (χ2v) is 8.25. The molecule has 1 N–H and O–H groups in total. The Hall–Kier alpha value is 0.200. The Morgan fingerprint density at radius 2 is 1.67 bits per heavy atom. The topological polar surface area (TPSA) is 54.4 Å². The van der Waals surface area contributed by atoms with Crippen LogP contribution in [0, 0.1) is 5.41 Å². The monoisotopic (exact) mass is 256 g/mol. The van der Waals surface area contributed by atoms with Gasteiger partial charge in [0.15, 0.2) is 14.0 Å². The molecule has 0 unspecified atom stereocenters. The molecule has 3 nitrogen and oxygen atoms in total. The van der Waals surface area contributed by atoms with Crippen molar-refractivity contribution in [1.82, 2.24) is 0 Å². The quantitative estimate of drug-likeness (QED) is 0.785. The van der Waals surface area contributed by atoms with Crippen molar-refractivity contribution in [3.63, 3.8) is 0 Å². The first-order valence-electron chi connectivity index (χ1n) is 5.12. The zero-order chi connectivity index (χ0) is 12.5. The third-order valence-corrected chi connectivity index (χ3v) is 6.09. The summed E-state index contributed by atoms with van der Waals surface area (Å²) in [4.78, 5) is 0. The van der Waals surface area contributed by atoms with E-state index in [4.69, 9.17) is 11.6 Å². The van der Waals surface area contributed by atoms with Crippen LogP contribution in [0.25, 0.3) is 0 Å². The van der Waals surface area contributed by atoms with E-state index in [1.54, 1.807) is 27.7 Å².